The summed E-state index contributed by atoms with van der Waals surface area (Å²) < 4.78 is 75.1. The Labute approximate surface area is 250 Å². The molecule has 2 aromatic rings. The van der Waals surface area contributed by atoms with Gasteiger partial charge in [0.1, 0.15) is 12.4 Å². The zero-order valence-corrected chi connectivity index (χ0v) is 29.9. The molecule has 1 unspecified atom stereocenters. The first-order valence-electron chi connectivity index (χ1n) is 14.1. The molecule has 0 aliphatic carbocycles. The maximum atomic E-state index is 9.93. The van der Waals surface area contributed by atoms with E-state index < -0.39 is 27.8 Å². The second-order valence-electron chi connectivity index (χ2n) is 10.9. The van der Waals surface area contributed by atoms with Crippen LogP contribution in [0, 0.1) is 7.14 Å². The molecule has 0 N–H and O–H groups in total. The van der Waals surface area contributed by atoms with Gasteiger partial charge in [0.15, 0.2) is 15.5 Å². The number of hydrogen-bond donors (Lipinski definition) is 0. The van der Waals surface area contributed by atoms with Gasteiger partial charge in [-0.25, -0.2) is 0 Å². The molecule has 0 bridgehead atoms. The summed E-state index contributed by atoms with van der Waals surface area (Å²) in [6, 6.07) is 19.5. The molecule has 2 rings (SSSR count). The monoisotopic (exact) mass is 816 g/mol. The molecule has 11 heteroatoms. The van der Waals surface area contributed by atoms with Crippen LogP contribution in [0.15, 0.2) is 54.6 Å². The van der Waals surface area contributed by atoms with Gasteiger partial charge in [0.05, 0.1) is 6.10 Å². The van der Waals surface area contributed by atoms with Crippen molar-refractivity contribution in [3.8, 4) is 5.75 Å². The Bertz CT molecular complexity index is 928. The molecular weight excluding hydrogens is 771 g/mol. The Hall–Kier alpha value is -0.455. The van der Waals surface area contributed by atoms with Crippen LogP contribution in [0.2, 0.25) is 19.6 Å². The molecule has 1 atom stereocenters. The van der Waals surface area contributed by atoms with Crippen molar-refractivity contribution in [3.05, 3.63) is 61.7 Å². The summed E-state index contributed by atoms with van der Waals surface area (Å²) in [7, 11) is -1.58. The SMILES string of the molecule is CCCCCCCCCCCCC(COc1ccc([I+]c2ccccc2)cc1)O[Si](C)(C)C.[F][Sb-]([F])([F])([F])([F])[F]. The molecule has 0 amide bonds. The topological polar surface area (TPSA) is 18.5 Å². The summed E-state index contributed by atoms with van der Waals surface area (Å²) in [5.74, 6) is 0.961. The van der Waals surface area contributed by atoms with E-state index in [0.29, 0.717) is 6.61 Å². The van der Waals surface area contributed by atoms with Gasteiger partial charge in [-0.15, -0.1) is 0 Å². The normalized spacial score (nSPS) is 14.4. The van der Waals surface area contributed by atoms with Gasteiger partial charge < -0.3 is 9.16 Å². The molecule has 40 heavy (non-hydrogen) atoms. The van der Waals surface area contributed by atoms with Gasteiger partial charge in [-0.3, -0.25) is 0 Å². The number of hydrogen-bond acceptors (Lipinski definition) is 2. The average Bonchev–Trinajstić information content (AvgIpc) is 2.82. The molecule has 0 saturated carbocycles. The first-order valence-corrected chi connectivity index (χ1v) is 25.4. The fourth-order valence-corrected chi connectivity index (χ4v) is 7.32. The fourth-order valence-electron chi connectivity index (χ4n) is 3.92. The molecular formula is C29H46F6IO2SbSi. The van der Waals surface area contributed by atoms with Crippen LogP contribution in [0.4, 0.5) is 16.9 Å². The molecule has 0 fully saturated rings. The van der Waals surface area contributed by atoms with Gasteiger partial charge in [0.2, 0.25) is 0 Å². The van der Waals surface area contributed by atoms with Crippen molar-refractivity contribution < 1.29 is 47.2 Å². The number of halogens is 7. The van der Waals surface area contributed by atoms with Crippen LogP contribution in [0.1, 0.15) is 77.6 Å². The summed E-state index contributed by atoms with van der Waals surface area (Å²) in [5, 5.41) is 0. The van der Waals surface area contributed by atoms with Crippen molar-refractivity contribution in [2.24, 2.45) is 0 Å². The van der Waals surface area contributed by atoms with Crippen LogP contribution in [0.3, 0.4) is 0 Å². The van der Waals surface area contributed by atoms with Crippen molar-refractivity contribution in [1.29, 1.82) is 0 Å². The van der Waals surface area contributed by atoms with Crippen molar-refractivity contribution in [1.82, 2.24) is 0 Å². The van der Waals surface area contributed by atoms with Crippen LogP contribution in [0.25, 0.3) is 0 Å². The first-order chi connectivity index (χ1) is 18.4. The molecule has 0 aromatic heterocycles. The van der Waals surface area contributed by atoms with E-state index in [1.54, 1.807) is 0 Å². The molecule has 0 heterocycles. The molecule has 232 valence electrons. The van der Waals surface area contributed by atoms with Crippen LogP contribution in [0.5, 0.6) is 5.75 Å². The average molecular weight is 817 g/mol. The van der Waals surface area contributed by atoms with Gasteiger partial charge >= 0.3 is 57.6 Å². The quantitative estimate of drug-likeness (QED) is 0.0661. The molecule has 0 aliphatic rings. The van der Waals surface area contributed by atoms with Gasteiger partial charge in [-0.1, -0.05) is 89.3 Å². The Morgan fingerprint density at radius 3 is 1.60 bits per heavy atom. The zero-order valence-electron chi connectivity index (χ0n) is 24.2. The Balaban J connectivity index is 0.00000101. The Morgan fingerprint density at radius 2 is 1.12 bits per heavy atom. The zero-order chi connectivity index (χ0) is 30.2. The molecule has 0 radical (unpaired) electrons. The minimum absolute atomic E-state index is 0.120. The van der Waals surface area contributed by atoms with Gasteiger partial charge in [0.25, 0.3) is 0 Å². The number of rotatable bonds is 18. The first kappa shape index (κ1) is 37.6. The number of benzene rings is 2. The van der Waals surface area contributed by atoms with E-state index in [4.69, 9.17) is 9.16 Å². The molecule has 0 spiro atoms. The van der Waals surface area contributed by atoms with Crippen molar-refractivity contribution in [3.63, 3.8) is 0 Å². The summed E-state index contributed by atoms with van der Waals surface area (Å²) >= 11 is -11.4. The van der Waals surface area contributed by atoms with E-state index in [0.717, 1.165) is 12.2 Å². The number of unbranched alkanes of at least 4 members (excludes halogenated alkanes) is 9. The molecule has 0 saturated heterocycles. The molecule has 2 nitrogen and oxygen atoms in total. The van der Waals surface area contributed by atoms with E-state index in [1.807, 2.05) is 0 Å². The summed E-state index contributed by atoms with van der Waals surface area (Å²) in [5.41, 5.74) is 0. The Kier molecular flexibility index (Phi) is 16.0. The van der Waals surface area contributed by atoms with E-state index in [1.165, 1.54) is 71.3 Å². The summed E-state index contributed by atoms with van der Waals surface area (Å²) in [6.45, 7) is 9.78. The van der Waals surface area contributed by atoms with Crippen molar-refractivity contribution in [2.75, 3.05) is 6.61 Å². The van der Waals surface area contributed by atoms with Crippen LogP contribution in [-0.2, 0) is 4.43 Å². The van der Waals surface area contributed by atoms with Gasteiger partial charge in [-0.05, 0) is 62.5 Å². The number of ether oxygens (including phenoxy) is 1. The van der Waals surface area contributed by atoms with Crippen LogP contribution >= 0.6 is 0 Å². The van der Waals surface area contributed by atoms with E-state index in [-0.39, 0.29) is 27.3 Å². The van der Waals surface area contributed by atoms with E-state index in [9.17, 15) is 16.9 Å². The third-order valence-electron chi connectivity index (χ3n) is 5.60. The molecule has 2 aromatic carbocycles. The second kappa shape index (κ2) is 17.0. The van der Waals surface area contributed by atoms with Crippen LogP contribution < -0.4 is 25.9 Å². The molecule has 0 aliphatic heterocycles. The third kappa shape index (κ3) is 26.4. The van der Waals surface area contributed by atoms with E-state index in [2.05, 4.69) is 81.2 Å². The second-order valence-corrected chi connectivity index (χ2v) is 23.9. The van der Waals surface area contributed by atoms with Gasteiger partial charge in [-0.2, -0.15) is 0 Å². The fraction of sp³-hybridized carbons (Fsp3) is 0.586. The third-order valence-corrected chi connectivity index (χ3v) is 9.33. The maximum absolute atomic E-state index is 11.2. The predicted molar refractivity (Wildman–Crippen MR) is 153 cm³/mol. The Morgan fingerprint density at radius 1 is 0.675 bits per heavy atom. The van der Waals surface area contributed by atoms with E-state index >= 15 is 0 Å². The van der Waals surface area contributed by atoms with Crippen LogP contribution in [-0.4, -0.2) is 40.5 Å². The summed E-state index contributed by atoms with van der Waals surface area (Å²) in [4.78, 5) is 0. The minimum atomic E-state index is -11.2. The standard InChI is InChI=1S/C29H46IO2Si.6FH.Sb/c1-5-6-7-8-9-10-11-12-13-17-20-29(32-33(2,3)4)25-31-28-23-21-27(22-24-28)30-26-18-15-14-16-19-26;;;;;;;/h14-16,18-19,21-24,29H,5-13,17,20,25H2,1-4H3;6*1H;/q+1;;;;;;;+5/p-6. The van der Waals surface area contributed by atoms with Crippen molar-refractivity contribution in [2.45, 2.75) is 103 Å². The van der Waals surface area contributed by atoms with Crippen molar-refractivity contribution >= 4 is 27.8 Å². The summed E-state index contributed by atoms with van der Waals surface area (Å²) in [6.07, 6.45) is 15.0. The van der Waals surface area contributed by atoms with Gasteiger partial charge in [0, 0.05) is 0 Å². The predicted octanol–water partition coefficient (Wildman–Crippen LogP) is 7.87.